The summed E-state index contributed by atoms with van der Waals surface area (Å²) >= 11 is 1.16. The fourth-order valence-electron chi connectivity index (χ4n) is 1.25. The first kappa shape index (κ1) is 12.4. The van der Waals surface area contributed by atoms with E-state index in [2.05, 4.69) is 4.98 Å². The van der Waals surface area contributed by atoms with E-state index in [9.17, 15) is 13.6 Å². The number of benzene rings is 1. The SMILES string of the molecule is O=C(O)c1csc(C=Cc2ccc(F)c(F)c2)n1. The minimum atomic E-state index is -1.10. The molecular weight excluding hydrogens is 260 g/mol. The first-order chi connectivity index (χ1) is 8.56. The zero-order valence-corrected chi connectivity index (χ0v) is 9.75. The highest BCUT2D eigenvalue weighted by Gasteiger charge is 2.06. The van der Waals surface area contributed by atoms with Crippen LogP contribution in [0.4, 0.5) is 8.78 Å². The molecule has 1 N–H and O–H groups in total. The molecule has 0 aliphatic heterocycles. The number of hydrogen-bond acceptors (Lipinski definition) is 3. The number of aromatic nitrogens is 1. The molecule has 2 aromatic rings. The number of carbonyl (C=O) groups is 1. The van der Waals surface area contributed by atoms with Crippen molar-refractivity contribution in [3.63, 3.8) is 0 Å². The number of hydrogen-bond donors (Lipinski definition) is 1. The zero-order valence-electron chi connectivity index (χ0n) is 8.93. The molecule has 0 unspecified atom stereocenters. The topological polar surface area (TPSA) is 50.2 Å². The van der Waals surface area contributed by atoms with Gasteiger partial charge in [-0.15, -0.1) is 11.3 Å². The van der Waals surface area contributed by atoms with Crippen LogP contribution in [0.5, 0.6) is 0 Å². The predicted octanol–water partition coefficient (Wildman–Crippen LogP) is 3.29. The standard InChI is InChI=1S/C12H7F2NO2S/c13-8-3-1-7(5-9(8)14)2-4-11-15-10(6-18-11)12(16)17/h1-6H,(H,16,17). The molecule has 0 saturated carbocycles. The Morgan fingerprint density at radius 2 is 2.06 bits per heavy atom. The van der Waals surface area contributed by atoms with Gasteiger partial charge in [-0.25, -0.2) is 18.6 Å². The van der Waals surface area contributed by atoms with Crippen molar-refractivity contribution >= 4 is 29.5 Å². The number of aromatic carboxylic acids is 1. The number of carboxylic acids is 1. The second-order valence-corrected chi connectivity index (χ2v) is 4.27. The number of halogens is 2. The second-order valence-electron chi connectivity index (χ2n) is 3.38. The lowest BCUT2D eigenvalue weighted by atomic mass is 10.2. The van der Waals surface area contributed by atoms with E-state index in [1.165, 1.54) is 17.5 Å². The molecule has 0 spiro atoms. The van der Waals surface area contributed by atoms with E-state index >= 15 is 0 Å². The Morgan fingerprint density at radius 1 is 1.28 bits per heavy atom. The van der Waals surface area contributed by atoms with E-state index < -0.39 is 17.6 Å². The average molecular weight is 267 g/mol. The smallest absolute Gasteiger partial charge is 0.355 e. The molecular formula is C12H7F2NO2S. The molecule has 3 nitrogen and oxygen atoms in total. The molecule has 2 rings (SSSR count). The van der Waals surface area contributed by atoms with Crippen molar-refractivity contribution in [3.05, 3.63) is 51.5 Å². The van der Waals surface area contributed by atoms with Crippen LogP contribution in [0.25, 0.3) is 12.2 Å². The number of nitrogens with zero attached hydrogens (tertiary/aromatic N) is 1. The molecule has 0 aliphatic rings. The largest absolute Gasteiger partial charge is 0.476 e. The minimum Gasteiger partial charge on any atom is -0.476 e. The van der Waals surface area contributed by atoms with Crippen molar-refractivity contribution in [2.45, 2.75) is 0 Å². The Morgan fingerprint density at radius 3 is 2.67 bits per heavy atom. The maximum Gasteiger partial charge on any atom is 0.355 e. The molecule has 6 heteroatoms. The summed E-state index contributed by atoms with van der Waals surface area (Å²) in [7, 11) is 0. The maximum atomic E-state index is 12.9. The Kier molecular flexibility index (Phi) is 3.47. The van der Waals surface area contributed by atoms with Gasteiger partial charge in [-0.05, 0) is 23.8 Å². The van der Waals surface area contributed by atoms with E-state index in [4.69, 9.17) is 5.11 Å². The van der Waals surface area contributed by atoms with E-state index in [1.54, 1.807) is 6.08 Å². The molecule has 1 heterocycles. The maximum absolute atomic E-state index is 12.9. The van der Waals surface area contributed by atoms with Crippen LogP contribution in [0.2, 0.25) is 0 Å². The van der Waals surface area contributed by atoms with Gasteiger partial charge in [0.25, 0.3) is 0 Å². The van der Waals surface area contributed by atoms with Crippen molar-refractivity contribution in [1.29, 1.82) is 0 Å². The molecule has 0 bridgehead atoms. The third-order valence-electron chi connectivity index (χ3n) is 2.10. The summed E-state index contributed by atoms with van der Waals surface area (Å²) < 4.78 is 25.6. The van der Waals surface area contributed by atoms with E-state index in [0.29, 0.717) is 10.6 Å². The minimum absolute atomic E-state index is 0.0371. The number of thiazole rings is 1. The second kappa shape index (κ2) is 5.05. The van der Waals surface area contributed by atoms with Gasteiger partial charge in [0, 0.05) is 5.38 Å². The highest BCUT2D eigenvalue weighted by atomic mass is 32.1. The van der Waals surface area contributed by atoms with Crippen molar-refractivity contribution in [1.82, 2.24) is 4.98 Å². The quantitative estimate of drug-likeness (QED) is 0.928. The van der Waals surface area contributed by atoms with Gasteiger partial charge in [-0.2, -0.15) is 0 Å². The lowest BCUT2D eigenvalue weighted by Gasteiger charge is -1.94. The molecule has 0 atom stereocenters. The summed E-state index contributed by atoms with van der Waals surface area (Å²) in [4.78, 5) is 14.4. The molecule has 0 aliphatic carbocycles. The van der Waals surface area contributed by atoms with Crippen LogP contribution in [-0.4, -0.2) is 16.1 Å². The van der Waals surface area contributed by atoms with Crippen LogP contribution >= 0.6 is 11.3 Å². The first-order valence-corrected chi connectivity index (χ1v) is 5.76. The normalized spacial score (nSPS) is 11.0. The summed E-state index contributed by atoms with van der Waals surface area (Å²) in [6, 6.07) is 3.50. The van der Waals surface area contributed by atoms with Crippen LogP contribution < -0.4 is 0 Å². The highest BCUT2D eigenvalue weighted by Crippen LogP contribution is 2.15. The van der Waals surface area contributed by atoms with Gasteiger partial charge in [-0.1, -0.05) is 12.1 Å². The molecule has 18 heavy (non-hydrogen) atoms. The number of rotatable bonds is 3. The average Bonchev–Trinajstić information content (AvgIpc) is 2.79. The lowest BCUT2D eigenvalue weighted by Crippen LogP contribution is -1.95. The molecule has 0 saturated heterocycles. The van der Waals surface area contributed by atoms with Crippen molar-refractivity contribution in [2.75, 3.05) is 0 Å². The monoisotopic (exact) mass is 267 g/mol. The molecule has 0 amide bonds. The predicted molar refractivity (Wildman–Crippen MR) is 64.4 cm³/mol. The van der Waals surface area contributed by atoms with E-state index in [1.807, 2.05) is 0 Å². The summed E-state index contributed by atoms with van der Waals surface area (Å²) in [5, 5.41) is 10.6. The van der Waals surface area contributed by atoms with Gasteiger partial charge in [0.1, 0.15) is 5.01 Å². The summed E-state index contributed by atoms with van der Waals surface area (Å²) in [5.41, 5.74) is 0.436. The van der Waals surface area contributed by atoms with Crippen molar-refractivity contribution < 1.29 is 18.7 Å². The third kappa shape index (κ3) is 2.78. The molecule has 1 aromatic carbocycles. The third-order valence-corrected chi connectivity index (χ3v) is 2.91. The highest BCUT2D eigenvalue weighted by molar-refractivity contribution is 7.10. The Bertz CT molecular complexity index is 622. The zero-order chi connectivity index (χ0) is 13.1. The number of carboxylic acid groups (broad SMARTS) is 1. The fraction of sp³-hybridized carbons (Fsp3) is 0. The summed E-state index contributed by atoms with van der Waals surface area (Å²) in [6.45, 7) is 0. The molecule has 0 fully saturated rings. The van der Waals surface area contributed by atoms with Crippen molar-refractivity contribution in [3.8, 4) is 0 Å². The van der Waals surface area contributed by atoms with Gasteiger partial charge < -0.3 is 5.11 Å². The molecule has 1 aromatic heterocycles. The summed E-state index contributed by atoms with van der Waals surface area (Å²) in [6.07, 6.45) is 3.08. The van der Waals surface area contributed by atoms with E-state index in [-0.39, 0.29) is 5.69 Å². The Labute approximate surface area is 105 Å². The van der Waals surface area contributed by atoms with Crippen LogP contribution in [-0.2, 0) is 0 Å². The van der Waals surface area contributed by atoms with Crippen LogP contribution in [0.15, 0.2) is 23.6 Å². The summed E-state index contributed by atoms with van der Waals surface area (Å²) in [5.74, 6) is -2.93. The van der Waals surface area contributed by atoms with E-state index in [0.717, 1.165) is 23.5 Å². The Hall–Kier alpha value is -2.08. The van der Waals surface area contributed by atoms with Crippen LogP contribution in [0.1, 0.15) is 21.1 Å². The Balaban J connectivity index is 2.19. The van der Waals surface area contributed by atoms with Crippen LogP contribution in [0, 0.1) is 11.6 Å². The van der Waals surface area contributed by atoms with Crippen LogP contribution in [0.3, 0.4) is 0 Å². The van der Waals surface area contributed by atoms with Gasteiger partial charge >= 0.3 is 5.97 Å². The first-order valence-electron chi connectivity index (χ1n) is 4.88. The lowest BCUT2D eigenvalue weighted by molar-refractivity contribution is 0.0691. The van der Waals surface area contributed by atoms with Gasteiger partial charge in [0.2, 0.25) is 0 Å². The van der Waals surface area contributed by atoms with Gasteiger partial charge in [0.05, 0.1) is 0 Å². The van der Waals surface area contributed by atoms with Gasteiger partial charge in [-0.3, -0.25) is 0 Å². The van der Waals surface area contributed by atoms with Crippen molar-refractivity contribution in [2.24, 2.45) is 0 Å². The fourth-order valence-corrected chi connectivity index (χ4v) is 1.93. The molecule has 0 radical (unpaired) electrons. The molecule has 92 valence electrons. The van der Waals surface area contributed by atoms with Gasteiger partial charge in [0.15, 0.2) is 17.3 Å².